The first kappa shape index (κ1) is 12.8. The monoisotopic (exact) mass is 266 g/mol. The zero-order valence-electron chi connectivity index (χ0n) is 9.69. The lowest BCUT2D eigenvalue weighted by molar-refractivity contribution is -0.137. The number of carboxylic acids is 1. The van der Waals surface area contributed by atoms with Gasteiger partial charge in [0.2, 0.25) is 0 Å². The first-order chi connectivity index (χ1) is 8.50. The lowest BCUT2D eigenvalue weighted by atomic mass is 10.1. The highest BCUT2D eigenvalue weighted by molar-refractivity contribution is 7.92. The Labute approximate surface area is 106 Å². The zero-order chi connectivity index (χ0) is 13.2. The Kier molecular flexibility index (Phi) is 3.52. The van der Waals surface area contributed by atoms with Crippen molar-refractivity contribution >= 4 is 15.8 Å². The van der Waals surface area contributed by atoms with E-state index in [9.17, 15) is 13.2 Å². The molecule has 0 fully saturated rings. The Bertz CT molecular complexity index is 560. The molecule has 96 valence electrons. The van der Waals surface area contributed by atoms with E-state index in [0.717, 1.165) is 0 Å². The van der Waals surface area contributed by atoms with Crippen LogP contribution in [0.4, 0.5) is 0 Å². The Morgan fingerprint density at radius 3 is 2.50 bits per heavy atom. The van der Waals surface area contributed by atoms with E-state index in [2.05, 4.69) is 0 Å². The van der Waals surface area contributed by atoms with Crippen molar-refractivity contribution in [3.8, 4) is 0 Å². The van der Waals surface area contributed by atoms with Crippen LogP contribution in [-0.2, 0) is 14.6 Å². The fraction of sp³-hybridized carbons (Fsp3) is 0.308. The van der Waals surface area contributed by atoms with E-state index >= 15 is 0 Å². The van der Waals surface area contributed by atoms with Gasteiger partial charge < -0.3 is 5.11 Å². The van der Waals surface area contributed by atoms with Crippen LogP contribution in [0, 0.1) is 5.92 Å². The van der Waals surface area contributed by atoms with E-state index in [1.807, 2.05) is 0 Å². The smallest absolute Gasteiger partial charge is 0.303 e. The van der Waals surface area contributed by atoms with Crippen LogP contribution in [0.5, 0.6) is 0 Å². The molecular formula is C13H14O4S. The maximum absolute atomic E-state index is 12.3. The molecule has 0 aromatic heterocycles. The van der Waals surface area contributed by atoms with Crippen LogP contribution in [0.2, 0.25) is 0 Å². The van der Waals surface area contributed by atoms with Gasteiger partial charge in [-0.05, 0) is 24.5 Å². The number of carbonyl (C=O) groups is 1. The molecule has 0 bridgehead atoms. The Balaban J connectivity index is 2.15. The molecule has 5 heteroatoms. The van der Waals surface area contributed by atoms with Gasteiger partial charge in [0.1, 0.15) is 0 Å². The third-order valence-electron chi connectivity index (χ3n) is 3.04. The van der Waals surface area contributed by atoms with Crippen LogP contribution >= 0.6 is 0 Å². The fourth-order valence-corrected chi connectivity index (χ4v) is 3.81. The van der Waals surface area contributed by atoms with Crippen molar-refractivity contribution in [1.82, 2.24) is 0 Å². The first-order valence-electron chi connectivity index (χ1n) is 5.69. The van der Waals surface area contributed by atoms with Gasteiger partial charge in [0.15, 0.2) is 9.84 Å². The zero-order valence-corrected chi connectivity index (χ0v) is 10.5. The van der Waals surface area contributed by atoms with Crippen LogP contribution in [0.1, 0.15) is 12.8 Å². The standard InChI is InChI=1S/C13H14O4S/c14-13(15)9-10-6-7-12(8-10)18(16,17)11-4-2-1-3-5-11/h1-7,10,12H,8-9H2,(H,14,15). The minimum absolute atomic E-state index is 0.0166. The molecule has 1 aliphatic carbocycles. The molecule has 1 aromatic rings. The van der Waals surface area contributed by atoms with E-state index in [1.165, 1.54) is 0 Å². The molecule has 1 N–H and O–H groups in total. The lowest BCUT2D eigenvalue weighted by Crippen LogP contribution is -2.19. The highest BCUT2D eigenvalue weighted by Gasteiger charge is 2.31. The van der Waals surface area contributed by atoms with Crippen LogP contribution in [-0.4, -0.2) is 24.7 Å². The van der Waals surface area contributed by atoms with Gasteiger partial charge in [0.05, 0.1) is 16.6 Å². The molecule has 2 unspecified atom stereocenters. The minimum atomic E-state index is -3.39. The summed E-state index contributed by atoms with van der Waals surface area (Å²) in [6.45, 7) is 0. The van der Waals surface area contributed by atoms with Gasteiger partial charge in [0.25, 0.3) is 0 Å². The first-order valence-corrected chi connectivity index (χ1v) is 7.24. The summed E-state index contributed by atoms with van der Waals surface area (Å²) in [6, 6.07) is 8.25. The van der Waals surface area contributed by atoms with E-state index in [0.29, 0.717) is 6.42 Å². The third kappa shape index (κ3) is 2.61. The number of hydrogen-bond acceptors (Lipinski definition) is 3. The largest absolute Gasteiger partial charge is 0.481 e. The number of sulfone groups is 1. The molecule has 0 amide bonds. The van der Waals surface area contributed by atoms with Gasteiger partial charge in [-0.15, -0.1) is 0 Å². The van der Waals surface area contributed by atoms with Crippen molar-refractivity contribution in [2.45, 2.75) is 23.0 Å². The fourth-order valence-electron chi connectivity index (χ4n) is 2.13. The molecule has 18 heavy (non-hydrogen) atoms. The van der Waals surface area contributed by atoms with Gasteiger partial charge >= 0.3 is 5.97 Å². The second-order valence-corrected chi connectivity index (χ2v) is 6.54. The van der Waals surface area contributed by atoms with Crippen molar-refractivity contribution in [3.63, 3.8) is 0 Å². The van der Waals surface area contributed by atoms with Gasteiger partial charge in [-0.1, -0.05) is 30.4 Å². The number of rotatable bonds is 4. The predicted octanol–water partition coefficient (Wildman–Crippen LogP) is 1.88. The number of carboxylic acid groups (broad SMARTS) is 1. The van der Waals surface area contributed by atoms with E-state index in [4.69, 9.17) is 5.11 Å². The summed E-state index contributed by atoms with van der Waals surface area (Å²) in [5.41, 5.74) is 0. The molecule has 0 heterocycles. The molecule has 0 saturated heterocycles. The van der Waals surface area contributed by atoms with Crippen LogP contribution in [0.3, 0.4) is 0 Å². The molecule has 0 aliphatic heterocycles. The topological polar surface area (TPSA) is 71.4 Å². The SMILES string of the molecule is O=C(O)CC1C=CC(S(=O)(=O)c2ccccc2)C1. The van der Waals surface area contributed by atoms with Gasteiger partial charge in [0, 0.05) is 0 Å². The Hall–Kier alpha value is -1.62. The van der Waals surface area contributed by atoms with Crippen LogP contribution < -0.4 is 0 Å². The summed E-state index contributed by atoms with van der Waals surface area (Å²) < 4.78 is 24.5. The molecule has 0 saturated carbocycles. The summed E-state index contributed by atoms with van der Waals surface area (Å²) >= 11 is 0. The van der Waals surface area contributed by atoms with Crippen molar-refractivity contribution in [2.24, 2.45) is 5.92 Å². The predicted molar refractivity (Wildman–Crippen MR) is 66.9 cm³/mol. The number of allylic oxidation sites excluding steroid dienone is 1. The summed E-state index contributed by atoms with van der Waals surface area (Å²) in [4.78, 5) is 10.9. The summed E-state index contributed by atoms with van der Waals surface area (Å²) in [5, 5.41) is 8.09. The molecule has 0 radical (unpaired) electrons. The highest BCUT2D eigenvalue weighted by atomic mass is 32.2. The van der Waals surface area contributed by atoms with E-state index in [1.54, 1.807) is 42.5 Å². The summed E-state index contributed by atoms with van der Waals surface area (Å²) in [5.74, 6) is -1.09. The quantitative estimate of drug-likeness (QED) is 0.845. The summed E-state index contributed by atoms with van der Waals surface area (Å²) in [6.07, 6.45) is 3.63. The number of hydrogen-bond donors (Lipinski definition) is 1. The molecular weight excluding hydrogens is 252 g/mol. The molecule has 0 spiro atoms. The van der Waals surface area contributed by atoms with Crippen molar-refractivity contribution in [1.29, 1.82) is 0 Å². The van der Waals surface area contributed by atoms with E-state index < -0.39 is 21.1 Å². The summed E-state index contributed by atoms with van der Waals surface area (Å²) in [7, 11) is -3.39. The second-order valence-electron chi connectivity index (χ2n) is 4.38. The lowest BCUT2D eigenvalue weighted by Gasteiger charge is -2.12. The minimum Gasteiger partial charge on any atom is -0.481 e. The highest BCUT2D eigenvalue weighted by Crippen LogP contribution is 2.29. The molecule has 1 aliphatic rings. The average molecular weight is 266 g/mol. The Morgan fingerprint density at radius 2 is 1.89 bits per heavy atom. The van der Waals surface area contributed by atoms with Gasteiger partial charge in [-0.25, -0.2) is 8.42 Å². The number of benzene rings is 1. The molecule has 2 rings (SSSR count). The van der Waals surface area contributed by atoms with Crippen molar-refractivity contribution in [3.05, 3.63) is 42.5 Å². The van der Waals surface area contributed by atoms with Crippen molar-refractivity contribution < 1.29 is 18.3 Å². The normalized spacial score (nSPS) is 23.1. The second kappa shape index (κ2) is 4.94. The maximum Gasteiger partial charge on any atom is 0.303 e. The molecule has 2 atom stereocenters. The Morgan fingerprint density at radius 1 is 1.22 bits per heavy atom. The average Bonchev–Trinajstić information content (AvgIpc) is 2.78. The van der Waals surface area contributed by atoms with Crippen LogP contribution in [0.15, 0.2) is 47.4 Å². The number of aliphatic carboxylic acids is 1. The molecule has 4 nitrogen and oxygen atoms in total. The van der Waals surface area contributed by atoms with Crippen LogP contribution in [0.25, 0.3) is 0 Å². The van der Waals surface area contributed by atoms with Gasteiger partial charge in [-0.2, -0.15) is 0 Å². The maximum atomic E-state index is 12.3. The molecule has 1 aromatic carbocycles. The van der Waals surface area contributed by atoms with Crippen molar-refractivity contribution in [2.75, 3.05) is 0 Å². The van der Waals surface area contributed by atoms with E-state index in [-0.39, 0.29) is 17.2 Å². The van der Waals surface area contributed by atoms with Gasteiger partial charge in [-0.3, -0.25) is 4.79 Å². The third-order valence-corrected chi connectivity index (χ3v) is 5.12.